The van der Waals surface area contributed by atoms with Crippen molar-refractivity contribution in [3.63, 3.8) is 0 Å². The van der Waals surface area contributed by atoms with Crippen LogP contribution < -0.4 is 16.0 Å². The average Bonchev–Trinajstić information content (AvgIpc) is 3.35. The summed E-state index contributed by atoms with van der Waals surface area (Å²) >= 11 is 0. The first-order valence-electron chi connectivity index (χ1n) is 23.7. The second-order valence-electron chi connectivity index (χ2n) is 18.7. The predicted octanol–water partition coefficient (Wildman–Crippen LogP) is -12.0. The van der Waals surface area contributed by atoms with Crippen molar-refractivity contribution in [1.29, 1.82) is 0 Å². The fraction of sp³-hybridized carbons (Fsp3) is 0.929. The molecule has 5 saturated heterocycles. The van der Waals surface area contributed by atoms with E-state index in [-0.39, 0.29) is 0 Å². The lowest BCUT2D eigenvalue weighted by atomic mass is 9.94. The van der Waals surface area contributed by atoms with Gasteiger partial charge < -0.3 is 145 Å². The Morgan fingerprint density at radius 3 is 1.35 bits per heavy atom. The van der Waals surface area contributed by atoms with E-state index < -0.39 is 229 Å². The van der Waals surface area contributed by atoms with Crippen LogP contribution in [-0.2, 0) is 61.8 Å². The Labute approximate surface area is 422 Å². The van der Waals surface area contributed by atoms with Crippen LogP contribution in [0.5, 0.6) is 0 Å². The van der Waals surface area contributed by atoms with Gasteiger partial charge in [-0.2, -0.15) is 0 Å². The molecule has 0 spiro atoms. The molecule has 32 nitrogen and oxygen atoms in total. The fourth-order valence-corrected chi connectivity index (χ4v) is 9.12. The van der Waals surface area contributed by atoms with E-state index >= 15 is 0 Å². The van der Waals surface area contributed by atoms with Gasteiger partial charge >= 0.3 is 0 Å². The van der Waals surface area contributed by atoms with Gasteiger partial charge in [-0.3, -0.25) is 14.4 Å². The van der Waals surface area contributed by atoms with Crippen LogP contribution in [0.4, 0.5) is 0 Å². The largest absolute Gasteiger partial charge is 0.394 e. The zero-order valence-corrected chi connectivity index (χ0v) is 40.7. The molecule has 0 saturated carbocycles. The van der Waals surface area contributed by atoms with Crippen molar-refractivity contribution >= 4 is 17.7 Å². The van der Waals surface area contributed by atoms with Gasteiger partial charge in [0.1, 0.15) is 128 Å². The van der Waals surface area contributed by atoms with Crippen LogP contribution in [0, 0.1) is 0 Å². The highest BCUT2D eigenvalue weighted by atomic mass is 16.8. The molecule has 5 rings (SSSR count). The maximum Gasteiger partial charge on any atom is 0.217 e. The molecule has 5 fully saturated rings. The average molecular weight is 1080 g/mol. The Hall–Kier alpha value is -2.63. The molecule has 0 aromatic rings. The molecule has 32 heteroatoms. The zero-order valence-electron chi connectivity index (χ0n) is 40.7. The van der Waals surface area contributed by atoms with Crippen LogP contribution in [0.1, 0.15) is 34.6 Å². The molecule has 5 heterocycles. The van der Waals surface area contributed by atoms with E-state index in [4.69, 9.17) is 47.4 Å². The predicted molar refractivity (Wildman–Crippen MR) is 233 cm³/mol. The summed E-state index contributed by atoms with van der Waals surface area (Å²) in [5.74, 6) is -2.40. The van der Waals surface area contributed by atoms with E-state index in [1.807, 2.05) is 0 Å². The van der Waals surface area contributed by atoms with Crippen LogP contribution in [-0.4, -0.2) is 310 Å². The second kappa shape index (κ2) is 27.3. The van der Waals surface area contributed by atoms with Crippen molar-refractivity contribution < 1.29 is 143 Å². The number of ether oxygens (including phenoxy) is 10. The van der Waals surface area contributed by atoms with E-state index in [1.165, 1.54) is 13.8 Å². The zero-order chi connectivity index (χ0) is 55.2. The molecule has 0 unspecified atom stereocenters. The number of rotatable bonds is 21. The summed E-state index contributed by atoms with van der Waals surface area (Å²) in [6.45, 7) is 0.831. The summed E-state index contributed by atoms with van der Waals surface area (Å²) in [7, 11) is 0. The van der Waals surface area contributed by atoms with Crippen LogP contribution in [0.2, 0.25) is 0 Å². The number of amides is 3. The SMILES string of the molecule is CC(=O)N[C@H]1[C@H](OC[C@@H](O)[C@H](O)[C@H](O[C@@H]2O[C@H](CO)[C@H](O)[C@H](O[C@@H]3O[C@H](CO)[C@@H](O[C@@H]4O[C@@H](C)[C@@H](O)[C@@H](O)[C@@H]4O)[C@H](O)[C@H]3NC(C)=O)[C@H]2O)[C@H](CO)NC(C)=O)O[C@H](CO)[C@@H](O[C@@H]2O[C@@H](C)[C@@H](O)[C@@H](O)[C@@H]2O)[C@@H]1O. The maximum atomic E-state index is 12.5. The molecule has 0 aromatic carbocycles. The summed E-state index contributed by atoms with van der Waals surface area (Å²) in [5.41, 5.74) is 0. The Balaban J connectivity index is 1.35. The molecule has 0 radical (unpaired) electrons. The van der Waals surface area contributed by atoms with Crippen molar-refractivity contribution in [2.45, 2.75) is 212 Å². The van der Waals surface area contributed by atoms with Crippen molar-refractivity contribution in [1.82, 2.24) is 16.0 Å². The minimum atomic E-state index is -2.29. The third kappa shape index (κ3) is 14.3. The molecule has 3 amide bonds. The topological polar surface area (TPSA) is 503 Å². The third-order valence-electron chi connectivity index (χ3n) is 13.2. The van der Waals surface area contributed by atoms with Crippen molar-refractivity contribution in [3.8, 4) is 0 Å². The smallest absolute Gasteiger partial charge is 0.217 e. The van der Waals surface area contributed by atoms with Gasteiger partial charge in [0.2, 0.25) is 17.7 Å². The van der Waals surface area contributed by atoms with Crippen LogP contribution >= 0.6 is 0 Å². The normalized spacial score (nSPS) is 44.6. The molecular weight excluding hydrogens is 1010 g/mol. The van der Waals surface area contributed by atoms with Gasteiger partial charge in [0.05, 0.1) is 51.3 Å². The molecule has 430 valence electrons. The Morgan fingerprint density at radius 1 is 0.486 bits per heavy atom. The van der Waals surface area contributed by atoms with Gasteiger partial charge in [-0.05, 0) is 13.8 Å². The van der Waals surface area contributed by atoms with Crippen molar-refractivity contribution in [2.24, 2.45) is 0 Å². The minimum absolute atomic E-state index is 0.768. The van der Waals surface area contributed by atoms with Crippen molar-refractivity contribution in [2.75, 3.05) is 33.0 Å². The molecule has 0 bridgehead atoms. The lowest BCUT2D eigenvalue weighted by Gasteiger charge is -2.49. The number of hydrogen-bond acceptors (Lipinski definition) is 29. The third-order valence-corrected chi connectivity index (χ3v) is 13.2. The highest BCUT2D eigenvalue weighted by Crippen LogP contribution is 2.35. The van der Waals surface area contributed by atoms with E-state index in [0.29, 0.717) is 0 Å². The van der Waals surface area contributed by atoms with E-state index in [1.54, 1.807) is 0 Å². The standard InChI is InChI=1S/C42H73N3O29/c1-11-23(54)29(60)31(62)40(66-11)72-35-19(8-48)69-38(21(27(35)58)44-14(4)51)65-10-17(53)25(56)34(16(6-46)43-13(3)50)71-42-33(64)37(26(57)18(7-47)68-42)74-39-22(45-15(5)52)28(59)36(20(9-49)70-39)73-41-32(63)30(61)24(55)12(2)67-41/h11-12,16-42,46-49,53-64H,6-10H2,1-5H3,(H,43,50)(H,44,51)(H,45,52)/t11-,12-,16-,17+,18+,19+,20+,21+,22+,23+,24+,25-,26-,27+,28+,29+,30+,31-,32-,33+,34+,35+,36+,37-,38+,39-,40-,41-,42-/m0/s1. The Morgan fingerprint density at radius 2 is 0.919 bits per heavy atom. The molecule has 0 aromatic heterocycles. The molecule has 0 aliphatic carbocycles. The molecule has 29 atom stereocenters. The fourth-order valence-electron chi connectivity index (χ4n) is 9.12. The summed E-state index contributed by atoms with van der Waals surface area (Å²) in [5, 5.41) is 180. The van der Waals surface area contributed by atoms with Gasteiger partial charge in [-0.25, -0.2) is 0 Å². The van der Waals surface area contributed by atoms with Gasteiger partial charge in [-0.1, -0.05) is 0 Å². The number of carbonyl (C=O) groups excluding carboxylic acids is 3. The van der Waals surface area contributed by atoms with Crippen molar-refractivity contribution in [3.05, 3.63) is 0 Å². The monoisotopic (exact) mass is 1080 g/mol. The van der Waals surface area contributed by atoms with Gasteiger partial charge in [0, 0.05) is 20.8 Å². The molecule has 19 N–H and O–H groups in total. The summed E-state index contributed by atoms with van der Waals surface area (Å²) in [4.78, 5) is 37.1. The maximum absolute atomic E-state index is 12.5. The van der Waals surface area contributed by atoms with Gasteiger partial charge in [0.25, 0.3) is 0 Å². The van der Waals surface area contributed by atoms with E-state index in [0.717, 1.165) is 20.8 Å². The summed E-state index contributed by atoms with van der Waals surface area (Å²) in [6.07, 6.45) is -46.6. The quantitative estimate of drug-likeness (QED) is 0.0507. The van der Waals surface area contributed by atoms with E-state index in [9.17, 15) is 96.1 Å². The molecule has 74 heavy (non-hydrogen) atoms. The molecule has 5 aliphatic heterocycles. The minimum Gasteiger partial charge on any atom is -0.394 e. The van der Waals surface area contributed by atoms with E-state index in [2.05, 4.69) is 16.0 Å². The molecule has 5 aliphatic rings. The highest BCUT2D eigenvalue weighted by Gasteiger charge is 2.56. The first-order valence-corrected chi connectivity index (χ1v) is 23.7. The Bertz CT molecular complexity index is 1780. The van der Waals surface area contributed by atoms with Gasteiger partial charge in [-0.15, -0.1) is 0 Å². The number of aliphatic hydroxyl groups excluding tert-OH is 16. The lowest BCUT2D eigenvalue weighted by molar-refractivity contribution is -0.370. The van der Waals surface area contributed by atoms with Crippen LogP contribution in [0.3, 0.4) is 0 Å². The van der Waals surface area contributed by atoms with Crippen LogP contribution in [0.25, 0.3) is 0 Å². The highest BCUT2D eigenvalue weighted by molar-refractivity contribution is 5.74. The number of aliphatic hydroxyl groups is 16. The molecular formula is C42H73N3O29. The summed E-state index contributed by atoms with van der Waals surface area (Å²) in [6, 6.07) is -4.98. The number of nitrogens with one attached hydrogen (secondary N) is 3. The lowest BCUT2D eigenvalue weighted by Crippen LogP contribution is -2.69. The first kappa shape index (κ1) is 62.2. The first-order chi connectivity index (χ1) is 34.8. The Kier molecular flexibility index (Phi) is 23.0. The van der Waals surface area contributed by atoms with Crippen LogP contribution in [0.15, 0.2) is 0 Å². The second-order valence-corrected chi connectivity index (χ2v) is 18.7. The summed E-state index contributed by atoms with van der Waals surface area (Å²) < 4.78 is 57.2. The number of carbonyl (C=O) groups is 3. The number of hydrogen-bond donors (Lipinski definition) is 19. The van der Waals surface area contributed by atoms with Gasteiger partial charge in [0.15, 0.2) is 31.5 Å².